The molecule has 0 unspecified atom stereocenters. The van der Waals surface area contributed by atoms with Crippen LogP contribution in [0.2, 0.25) is 0 Å². The van der Waals surface area contributed by atoms with E-state index in [0.717, 1.165) is 12.0 Å². The van der Waals surface area contributed by atoms with Gasteiger partial charge in [0.05, 0.1) is 0 Å². The van der Waals surface area contributed by atoms with Gasteiger partial charge in [-0.05, 0) is 12.0 Å². The second kappa shape index (κ2) is 7.93. The molecular weight excluding hydrogens is 344 g/mol. The SMILES string of the molecule is [CH2-]CC(=O)c1ccc(CC)cc1.[CH3-].[W+2]. The van der Waals surface area contributed by atoms with Crippen LogP contribution in [0.1, 0.15) is 29.3 Å². The van der Waals surface area contributed by atoms with E-state index in [4.69, 9.17) is 0 Å². The monoisotopic (exact) mass is 360 g/mol. The Balaban J connectivity index is 0. The van der Waals surface area contributed by atoms with Crippen molar-refractivity contribution >= 4 is 5.78 Å². The smallest absolute Gasteiger partial charge is 0.358 e. The molecule has 0 bridgehead atoms. The molecule has 1 rings (SSSR count). The predicted octanol–water partition coefficient (Wildman–Crippen LogP) is 3.10. The van der Waals surface area contributed by atoms with Gasteiger partial charge in [-0.3, -0.25) is 4.79 Å². The zero-order chi connectivity index (χ0) is 8.97. The summed E-state index contributed by atoms with van der Waals surface area (Å²) in [4.78, 5) is 11.2. The van der Waals surface area contributed by atoms with Gasteiger partial charge in [0, 0.05) is 5.56 Å². The molecule has 0 aromatic heterocycles. The van der Waals surface area contributed by atoms with E-state index in [2.05, 4.69) is 13.8 Å². The van der Waals surface area contributed by atoms with Gasteiger partial charge >= 0.3 is 21.1 Å². The number of benzene rings is 1. The van der Waals surface area contributed by atoms with Crippen LogP contribution in [0.4, 0.5) is 0 Å². The number of hydrogen-bond donors (Lipinski definition) is 0. The fourth-order valence-corrected chi connectivity index (χ4v) is 1.07. The van der Waals surface area contributed by atoms with Gasteiger partial charge in [0.25, 0.3) is 0 Å². The standard InChI is InChI=1S/C11H13O.CH3.W/c1-3-9-5-7-10(8-6-9)11(12)4-2;;/h5-8H,2-4H2,1H3;1H3;/q2*-1;+2. The average Bonchev–Trinajstić information content (AvgIpc) is 2.17. The van der Waals surface area contributed by atoms with Crippen LogP contribution in [0, 0.1) is 14.4 Å². The molecule has 0 spiro atoms. The van der Waals surface area contributed by atoms with Crippen LogP contribution < -0.4 is 0 Å². The number of ketones is 1. The number of rotatable bonds is 3. The van der Waals surface area contributed by atoms with E-state index < -0.39 is 0 Å². The molecule has 76 valence electrons. The molecule has 2 heteroatoms. The maximum absolute atomic E-state index is 11.2. The summed E-state index contributed by atoms with van der Waals surface area (Å²) in [6.07, 6.45) is 1.35. The first-order valence-corrected chi connectivity index (χ1v) is 4.19. The van der Waals surface area contributed by atoms with Crippen molar-refractivity contribution in [3.63, 3.8) is 0 Å². The van der Waals surface area contributed by atoms with Gasteiger partial charge in [-0.25, -0.2) is 0 Å². The number of carbonyl (C=O) groups is 1. The summed E-state index contributed by atoms with van der Waals surface area (Å²) in [6, 6.07) is 7.71. The summed E-state index contributed by atoms with van der Waals surface area (Å²) in [5, 5.41) is 0. The van der Waals surface area contributed by atoms with Crippen LogP contribution in [-0.4, -0.2) is 5.78 Å². The van der Waals surface area contributed by atoms with Crippen LogP contribution in [0.15, 0.2) is 24.3 Å². The average molecular weight is 360 g/mol. The molecule has 0 atom stereocenters. The normalized spacial score (nSPS) is 8.43. The van der Waals surface area contributed by atoms with Crippen molar-refractivity contribution in [1.82, 2.24) is 0 Å². The van der Waals surface area contributed by atoms with Crippen molar-refractivity contribution in [2.75, 3.05) is 0 Å². The minimum Gasteiger partial charge on any atom is -0.358 e. The Morgan fingerprint density at radius 1 is 1.29 bits per heavy atom. The summed E-state index contributed by atoms with van der Waals surface area (Å²) in [5.74, 6) is 0.109. The summed E-state index contributed by atoms with van der Waals surface area (Å²) < 4.78 is 0. The quantitative estimate of drug-likeness (QED) is 0.598. The predicted molar refractivity (Wildman–Crippen MR) is 56.5 cm³/mol. The molecule has 14 heavy (non-hydrogen) atoms. The van der Waals surface area contributed by atoms with Gasteiger partial charge in [-0.1, -0.05) is 31.2 Å². The number of aryl methyl sites for hydroxylation is 1. The molecule has 0 saturated heterocycles. The zero-order valence-electron chi connectivity index (χ0n) is 8.75. The Morgan fingerprint density at radius 3 is 2.14 bits per heavy atom. The van der Waals surface area contributed by atoms with Gasteiger partial charge in [0.1, 0.15) is 5.78 Å². The first-order chi connectivity index (χ1) is 5.77. The number of hydrogen-bond acceptors (Lipinski definition) is 1. The molecule has 0 aliphatic heterocycles. The summed E-state index contributed by atoms with van der Waals surface area (Å²) in [5.41, 5.74) is 2.03. The van der Waals surface area contributed by atoms with Crippen molar-refractivity contribution in [3.8, 4) is 0 Å². The van der Waals surface area contributed by atoms with Crippen LogP contribution in [-0.2, 0) is 27.5 Å². The number of Topliss-reactive ketones (excluding diaryl/α,β-unsaturated/α-hetero) is 1. The van der Waals surface area contributed by atoms with Gasteiger partial charge in [-0.15, -0.1) is 6.42 Å². The Labute approximate surface area is 101 Å². The van der Waals surface area contributed by atoms with Crippen LogP contribution in [0.25, 0.3) is 0 Å². The van der Waals surface area contributed by atoms with Crippen molar-refractivity contribution in [2.24, 2.45) is 0 Å². The third-order valence-electron chi connectivity index (χ3n) is 1.91. The minimum atomic E-state index is 0. The van der Waals surface area contributed by atoms with Gasteiger partial charge in [0.2, 0.25) is 0 Å². The molecule has 0 saturated carbocycles. The summed E-state index contributed by atoms with van der Waals surface area (Å²) in [7, 11) is 0. The van der Waals surface area contributed by atoms with Crippen LogP contribution in [0.3, 0.4) is 0 Å². The second-order valence-electron chi connectivity index (χ2n) is 2.72. The van der Waals surface area contributed by atoms with Gasteiger partial charge in [-0.2, -0.15) is 0 Å². The Morgan fingerprint density at radius 2 is 1.79 bits per heavy atom. The summed E-state index contributed by atoms with van der Waals surface area (Å²) >= 11 is 0. The third kappa shape index (κ3) is 4.19. The third-order valence-corrected chi connectivity index (χ3v) is 1.91. The molecule has 0 aliphatic carbocycles. The van der Waals surface area contributed by atoms with Crippen molar-refractivity contribution in [1.29, 1.82) is 0 Å². The Kier molecular flexibility index (Phi) is 9.08. The first kappa shape index (κ1) is 16.0. The van der Waals surface area contributed by atoms with E-state index in [1.165, 1.54) is 5.56 Å². The molecule has 1 aromatic carbocycles. The van der Waals surface area contributed by atoms with Gasteiger partial charge in [0.15, 0.2) is 0 Å². The second-order valence-corrected chi connectivity index (χ2v) is 2.72. The molecule has 0 amide bonds. The Bertz CT molecular complexity index is 264. The van der Waals surface area contributed by atoms with E-state index in [-0.39, 0.29) is 34.3 Å². The molecule has 0 aliphatic rings. The molecule has 1 aromatic rings. The first-order valence-electron chi connectivity index (χ1n) is 4.19. The van der Waals surface area contributed by atoms with E-state index in [9.17, 15) is 4.79 Å². The zero-order valence-corrected chi connectivity index (χ0v) is 11.7. The topological polar surface area (TPSA) is 17.1 Å². The molecule has 0 N–H and O–H groups in total. The van der Waals surface area contributed by atoms with E-state index in [0.29, 0.717) is 6.42 Å². The molecule has 0 heterocycles. The molecule has 0 fully saturated rings. The molecular formula is C12H16OW. The minimum absolute atomic E-state index is 0. The Hall–Kier alpha value is -0.422. The van der Waals surface area contributed by atoms with E-state index in [1.807, 2.05) is 24.3 Å². The molecule has 0 radical (unpaired) electrons. The largest absolute Gasteiger partial charge is 2.00 e. The van der Waals surface area contributed by atoms with Crippen molar-refractivity contribution < 1.29 is 25.9 Å². The number of carbonyl (C=O) groups excluding carboxylic acids is 1. The fraction of sp³-hybridized carbons (Fsp3) is 0.250. The van der Waals surface area contributed by atoms with Crippen LogP contribution in [0.5, 0.6) is 0 Å². The maximum Gasteiger partial charge on any atom is 2.00 e. The van der Waals surface area contributed by atoms with Crippen LogP contribution >= 0.6 is 0 Å². The maximum atomic E-state index is 11.2. The summed E-state index contributed by atoms with van der Waals surface area (Å²) in [6.45, 7) is 5.65. The molecule has 1 nitrogen and oxygen atoms in total. The van der Waals surface area contributed by atoms with E-state index in [1.54, 1.807) is 0 Å². The van der Waals surface area contributed by atoms with E-state index >= 15 is 0 Å². The van der Waals surface area contributed by atoms with Gasteiger partial charge < -0.3 is 14.4 Å². The van der Waals surface area contributed by atoms with Crippen molar-refractivity contribution in [3.05, 3.63) is 49.7 Å². The van der Waals surface area contributed by atoms with Crippen molar-refractivity contribution in [2.45, 2.75) is 19.8 Å². The fourth-order valence-electron chi connectivity index (χ4n) is 1.07.